The highest BCUT2D eigenvalue weighted by Gasteiger charge is 2.47. The van der Waals surface area contributed by atoms with Crippen LogP contribution in [-0.2, 0) is 50.7 Å². The Balaban J connectivity index is 1.93. The summed E-state index contributed by atoms with van der Waals surface area (Å²) in [5.74, 6) is -2.79. The lowest BCUT2D eigenvalue weighted by Gasteiger charge is -2.42. The molecule has 2 heterocycles. The number of hydrogen-bond acceptors (Lipinski definition) is 9. The van der Waals surface area contributed by atoms with Crippen molar-refractivity contribution < 1.29 is 43.0 Å². The van der Waals surface area contributed by atoms with Gasteiger partial charge in [0.1, 0.15) is 23.3 Å². The highest BCUT2D eigenvalue weighted by atomic mass is 16.6. The zero-order chi connectivity index (χ0) is 49.6. The second kappa shape index (κ2) is 21.2. The van der Waals surface area contributed by atoms with Gasteiger partial charge in [0.2, 0.25) is 17.7 Å². The minimum Gasteiger partial charge on any atom is -0.460 e. The molecule has 3 rings (SSSR count). The standard InChI is InChI=1S/C50H76N6O9/c1-31(2)37(28-32(3)43(60)51-33(29-40(59)64-48(7,8)9)22-20-21-27-56-38(57)25-26-39(56)58)54(16)45(62)41(47(4,5)6)52-44(61)42(55(17)46(63)65-49(10,11)12)50(13,14)35-30-53(15)36-24-19-18-23-34(35)36/h18-19,23-26,28,30-31,33,37,41-42H,20-22,27,29H2,1-17H3,(H,51,60)(H,52,61)/b32-28+/t33-,37-,41-,42-/m1/s1. The number of imide groups is 1. The molecule has 0 unspecified atom stereocenters. The molecule has 1 aliphatic rings. The molecular formula is C50H76N6O9. The molecule has 1 aliphatic heterocycles. The van der Waals surface area contributed by atoms with E-state index in [-0.39, 0.29) is 30.7 Å². The third-order valence-electron chi connectivity index (χ3n) is 11.5. The molecule has 2 N–H and O–H groups in total. The predicted octanol–water partition coefficient (Wildman–Crippen LogP) is 6.96. The number of likely N-dealkylation sites (N-methyl/N-ethyl adjacent to an activating group) is 2. The van der Waals surface area contributed by atoms with Crippen molar-refractivity contribution in [3.63, 3.8) is 0 Å². The van der Waals surface area contributed by atoms with Gasteiger partial charge in [-0.25, -0.2) is 4.79 Å². The van der Waals surface area contributed by atoms with Crippen molar-refractivity contribution in [3.8, 4) is 0 Å². The summed E-state index contributed by atoms with van der Waals surface area (Å²) in [7, 11) is 5.10. The molecule has 0 aliphatic carbocycles. The summed E-state index contributed by atoms with van der Waals surface area (Å²) in [6.45, 7) is 25.6. The van der Waals surface area contributed by atoms with Gasteiger partial charge in [-0.1, -0.05) is 72.7 Å². The SMILES string of the molecule is C/C(=C\[C@H](C(C)C)N(C)C(=O)[C@@H](NC(=O)[C@@H](N(C)C(=O)OC(C)(C)C)C(C)(C)c1cn(C)c2ccccc12)C(C)(C)C)C(=O)N[C@H](CCCCN1C(=O)C=CC1=O)CC(=O)OC(C)(C)C. The second-order valence-electron chi connectivity index (χ2n) is 21.3. The number of nitrogens with one attached hydrogen (secondary N) is 2. The lowest BCUT2D eigenvalue weighted by atomic mass is 9.76. The number of nitrogens with zero attached hydrogens (tertiary/aromatic N) is 4. The number of hydrogen-bond donors (Lipinski definition) is 2. The van der Waals surface area contributed by atoms with Gasteiger partial charge >= 0.3 is 12.1 Å². The fourth-order valence-electron chi connectivity index (χ4n) is 8.15. The molecule has 1 aromatic heterocycles. The van der Waals surface area contributed by atoms with Gasteiger partial charge in [-0.2, -0.15) is 0 Å². The summed E-state index contributed by atoms with van der Waals surface area (Å²) in [6.07, 6.45) is 6.71. The van der Waals surface area contributed by atoms with E-state index in [4.69, 9.17) is 9.47 Å². The number of unbranched alkanes of at least 4 members (excludes halogenated alkanes) is 1. The number of benzene rings is 1. The van der Waals surface area contributed by atoms with Crippen LogP contribution in [0.5, 0.6) is 0 Å². The van der Waals surface area contributed by atoms with Crippen LogP contribution in [0.15, 0.2) is 54.3 Å². The normalized spacial score (nSPS) is 15.7. The third kappa shape index (κ3) is 14.5. The molecule has 15 heteroatoms. The average Bonchev–Trinajstić information content (AvgIpc) is 3.68. The summed E-state index contributed by atoms with van der Waals surface area (Å²) < 4.78 is 13.3. The molecule has 2 aromatic rings. The van der Waals surface area contributed by atoms with Crippen molar-refractivity contribution in [2.24, 2.45) is 18.4 Å². The maximum absolute atomic E-state index is 14.9. The second-order valence-corrected chi connectivity index (χ2v) is 21.3. The molecular weight excluding hydrogens is 829 g/mol. The Kier molecular flexibility index (Phi) is 17.6. The van der Waals surface area contributed by atoms with Crippen LogP contribution in [0.1, 0.15) is 128 Å². The van der Waals surface area contributed by atoms with Gasteiger partial charge in [-0.3, -0.25) is 38.6 Å². The van der Waals surface area contributed by atoms with E-state index in [1.165, 1.54) is 29.0 Å². The number of rotatable bonds is 18. The number of aromatic nitrogens is 1. The molecule has 1 aromatic carbocycles. The van der Waals surface area contributed by atoms with Crippen LogP contribution in [0.4, 0.5) is 4.79 Å². The summed E-state index contributed by atoms with van der Waals surface area (Å²) in [6, 6.07) is 4.42. The van der Waals surface area contributed by atoms with Gasteiger partial charge in [-0.15, -0.1) is 0 Å². The Morgan fingerprint density at radius 2 is 1.37 bits per heavy atom. The van der Waals surface area contributed by atoms with E-state index in [1.54, 1.807) is 61.6 Å². The summed E-state index contributed by atoms with van der Waals surface area (Å²) in [5, 5.41) is 6.97. The number of ether oxygens (including phenoxy) is 2. The van der Waals surface area contributed by atoms with E-state index in [0.717, 1.165) is 21.4 Å². The van der Waals surface area contributed by atoms with Crippen LogP contribution < -0.4 is 10.6 Å². The van der Waals surface area contributed by atoms with E-state index in [1.807, 2.05) is 90.5 Å². The van der Waals surface area contributed by atoms with Crippen LogP contribution in [0, 0.1) is 11.3 Å². The predicted molar refractivity (Wildman–Crippen MR) is 252 cm³/mol. The average molecular weight is 905 g/mol. The number of carbonyl (C=O) groups is 7. The Labute approximate surface area is 386 Å². The number of fused-ring (bicyclic) bond motifs is 1. The maximum atomic E-state index is 14.9. The zero-order valence-electron chi connectivity index (χ0n) is 42.0. The Bertz CT molecular complexity index is 2130. The highest BCUT2D eigenvalue weighted by Crippen LogP contribution is 2.37. The lowest BCUT2D eigenvalue weighted by Crippen LogP contribution is -2.63. The molecule has 0 spiro atoms. The smallest absolute Gasteiger partial charge is 0.410 e. The molecule has 0 radical (unpaired) electrons. The molecule has 15 nitrogen and oxygen atoms in total. The molecule has 0 bridgehead atoms. The molecule has 0 fully saturated rings. The van der Waals surface area contributed by atoms with Crippen LogP contribution in [0.2, 0.25) is 0 Å². The zero-order valence-corrected chi connectivity index (χ0v) is 42.0. The van der Waals surface area contributed by atoms with Gasteiger partial charge in [0.25, 0.3) is 11.8 Å². The van der Waals surface area contributed by atoms with E-state index < -0.39 is 76.0 Å². The monoisotopic (exact) mass is 905 g/mol. The highest BCUT2D eigenvalue weighted by molar-refractivity contribution is 6.12. The number of esters is 1. The van der Waals surface area contributed by atoms with Gasteiger partial charge in [0, 0.05) is 74.0 Å². The van der Waals surface area contributed by atoms with Crippen molar-refractivity contribution in [3.05, 3.63) is 59.8 Å². The van der Waals surface area contributed by atoms with Crippen LogP contribution in [0.3, 0.4) is 0 Å². The van der Waals surface area contributed by atoms with Gasteiger partial charge in [0.15, 0.2) is 0 Å². The first kappa shape index (κ1) is 53.9. The fraction of sp³-hybridized carbons (Fsp3) is 0.620. The molecule has 0 saturated carbocycles. The van der Waals surface area contributed by atoms with Crippen molar-refractivity contribution >= 4 is 52.5 Å². The van der Waals surface area contributed by atoms with E-state index in [9.17, 15) is 33.6 Å². The molecule has 4 atom stereocenters. The first-order valence-corrected chi connectivity index (χ1v) is 22.6. The summed E-state index contributed by atoms with van der Waals surface area (Å²) in [5.41, 5.74) is -1.28. The van der Waals surface area contributed by atoms with E-state index in [0.29, 0.717) is 24.8 Å². The molecule has 0 saturated heterocycles. The minimum atomic E-state index is -1.13. The number of amides is 6. The minimum absolute atomic E-state index is 0.0974. The maximum Gasteiger partial charge on any atom is 0.410 e. The van der Waals surface area contributed by atoms with Crippen molar-refractivity contribution in [1.82, 2.24) is 29.9 Å². The quantitative estimate of drug-likeness (QED) is 0.0693. The Hall–Kier alpha value is -5.47. The fourth-order valence-corrected chi connectivity index (χ4v) is 8.15. The summed E-state index contributed by atoms with van der Waals surface area (Å²) >= 11 is 0. The lowest BCUT2D eigenvalue weighted by molar-refractivity contribution is -0.155. The number of aryl methyl sites for hydroxylation is 1. The number of para-hydroxylation sites is 1. The van der Waals surface area contributed by atoms with Crippen molar-refractivity contribution in [2.75, 3.05) is 20.6 Å². The first-order valence-electron chi connectivity index (χ1n) is 22.6. The van der Waals surface area contributed by atoms with Crippen LogP contribution in [-0.4, -0.2) is 117 Å². The topological polar surface area (TPSA) is 177 Å². The summed E-state index contributed by atoms with van der Waals surface area (Å²) in [4.78, 5) is 98.4. The largest absolute Gasteiger partial charge is 0.460 e. The van der Waals surface area contributed by atoms with Crippen molar-refractivity contribution in [1.29, 1.82) is 0 Å². The first-order chi connectivity index (χ1) is 29.8. The third-order valence-corrected chi connectivity index (χ3v) is 11.5. The Morgan fingerprint density at radius 1 is 0.800 bits per heavy atom. The van der Waals surface area contributed by atoms with E-state index >= 15 is 0 Å². The Morgan fingerprint density at radius 3 is 1.91 bits per heavy atom. The molecule has 360 valence electrons. The molecule has 65 heavy (non-hydrogen) atoms. The number of carbonyl (C=O) groups excluding carboxylic acids is 7. The molecule has 6 amide bonds. The van der Waals surface area contributed by atoms with Crippen LogP contribution in [0.25, 0.3) is 10.9 Å². The van der Waals surface area contributed by atoms with Gasteiger partial charge in [-0.05, 0) is 90.7 Å². The van der Waals surface area contributed by atoms with Gasteiger partial charge < -0.3 is 29.6 Å². The van der Waals surface area contributed by atoms with E-state index in [2.05, 4.69) is 10.6 Å². The van der Waals surface area contributed by atoms with Gasteiger partial charge in [0.05, 0.1) is 12.5 Å². The van der Waals surface area contributed by atoms with Crippen molar-refractivity contribution in [2.45, 2.75) is 163 Å². The van der Waals surface area contributed by atoms with Crippen LogP contribution >= 0.6 is 0 Å².